The number of amides is 1. The Morgan fingerprint density at radius 2 is 1.81 bits per heavy atom. The van der Waals surface area contributed by atoms with Crippen LogP contribution < -0.4 is 0 Å². The number of aryl methyl sites for hydroxylation is 1. The Bertz CT molecular complexity index is 893. The van der Waals surface area contributed by atoms with Crippen LogP contribution in [0.15, 0.2) is 60.8 Å². The molecule has 1 aromatic heterocycles. The minimum absolute atomic E-state index is 0.128. The molecule has 0 aliphatic carbocycles. The Labute approximate surface area is 154 Å². The number of hydrogen-bond donors (Lipinski definition) is 0. The summed E-state index contributed by atoms with van der Waals surface area (Å²) in [5.74, 6) is 0.128. The number of hydrogen-bond acceptors (Lipinski definition) is 2. The fraction of sp³-hybridized carbons (Fsp3) is 0.318. The molecule has 0 atom stereocenters. The Morgan fingerprint density at radius 1 is 1.04 bits per heavy atom. The molecule has 4 nitrogen and oxygen atoms in total. The zero-order valence-corrected chi connectivity index (χ0v) is 15.1. The van der Waals surface area contributed by atoms with Crippen LogP contribution >= 0.6 is 0 Å². The van der Waals surface area contributed by atoms with E-state index in [1.165, 1.54) is 5.56 Å². The number of fused-ring (bicyclic) bond motifs is 1. The van der Waals surface area contributed by atoms with Crippen LogP contribution in [0.1, 0.15) is 28.8 Å². The summed E-state index contributed by atoms with van der Waals surface area (Å²) in [5, 5.41) is 1.03. The van der Waals surface area contributed by atoms with Gasteiger partial charge in [-0.15, -0.1) is 0 Å². The van der Waals surface area contributed by atoms with Crippen LogP contribution in [0.25, 0.3) is 10.9 Å². The summed E-state index contributed by atoms with van der Waals surface area (Å²) in [6, 6.07) is 18.2. The van der Waals surface area contributed by atoms with Crippen molar-refractivity contribution >= 4 is 16.8 Å². The van der Waals surface area contributed by atoms with Crippen molar-refractivity contribution < 1.29 is 9.53 Å². The van der Waals surface area contributed by atoms with Gasteiger partial charge in [0.25, 0.3) is 5.91 Å². The number of carbonyl (C=O) groups is 1. The van der Waals surface area contributed by atoms with Gasteiger partial charge in [0.1, 0.15) is 0 Å². The number of likely N-dealkylation sites (tertiary alicyclic amines) is 1. The third-order valence-electron chi connectivity index (χ3n) is 5.22. The van der Waals surface area contributed by atoms with E-state index in [2.05, 4.69) is 22.8 Å². The predicted octanol–water partition coefficient (Wildman–Crippen LogP) is 4.00. The van der Waals surface area contributed by atoms with Gasteiger partial charge in [-0.05, 0) is 36.6 Å². The zero-order valence-electron chi connectivity index (χ0n) is 15.1. The maximum atomic E-state index is 13.0. The lowest BCUT2D eigenvalue weighted by Crippen LogP contribution is -2.40. The van der Waals surface area contributed by atoms with Gasteiger partial charge in [0.2, 0.25) is 0 Å². The van der Waals surface area contributed by atoms with Crippen molar-refractivity contribution in [2.45, 2.75) is 25.6 Å². The zero-order chi connectivity index (χ0) is 17.9. The van der Waals surface area contributed by atoms with Gasteiger partial charge in [-0.1, -0.05) is 36.4 Å². The van der Waals surface area contributed by atoms with E-state index >= 15 is 0 Å². The molecule has 0 saturated carbocycles. The van der Waals surface area contributed by atoms with Crippen LogP contribution in [0.3, 0.4) is 0 Å². The number of piperidine rings is 1. The van der Waals surface area contributed by atoms with Gasteiger partial charge in [0, 0.05) is 42.8 Å². The van der Waals surface area contributed by atoms with E-state index in [1.807, 2.05) is 54.5 Å². The first-order valence-corrected chi connectivity index (χ1v) is 9.21. The van der Waals surface area contributed by atoms with Crippen molar-refractivity contribution in [1.29, 1.82) is 0 Å². The van der Waals surface area contributed by atoms with Crippen LogP contribution in [0.4, 0.5) is 0 Å². The SMILES string of the molecule is Cn1ccc2c(C(=O)N3CCC(OCc4ccccc4)CC3)cccc21. The Morgan fingerprint density at radius 3 is 2.58 bits per heavy atom. The predicted molar refractivity (Wildman–Crippen MR) is 103 cm³/mol. The van der Waals surface area contributed by atoms with Crippen LogP contribution in [-0.2, 0) is 18.4 Å². The summed E-state index contributed by atoms with van der Waals surface area (Å²) in [5.41, 5.74) is 3.09. The van der Waals surface area contributed by atoms with E-state index in [-0.39, 0.29) is 12.0 Å². The summed E-state index contributed by atoms with van der Waals surface area (Å²) in [6.07, 6.45) is 4.02. The van der Waals surface area contributed by atoms with E-state index in [0.29, 0.717) is 6.61 Å². The van der Waals surface area contributed by atoms with Crippen LogP contribution in [0.5, 0.6) is 0 Å². The Hall–Kier alpha value is -2.59. The smallest absolute Gasteiger partial charge is 0.254 e. The maximum Gasteiger partial charge on any atom is 0.254 e. The van der Waals surface area contributed by atoms with Crippen molar-refractivity contribution in [3.63, 3.8) is 0 Å². The maximum absolute atomic E-state index is 13.0. The second-order valence-corrected chi connectivity index (χ2v) is 6.95. The summed E-state index contributed by atoms with van der Waals surface area (Å²) < 4.78 is 8.09. The van der Waals surface area contributed by atoms with Gasteiger partial charge in [0.15, 0.2) is 0 Å². The van der Waals surface area contributed by atoms with E-state index < -0.39 is 0 Å². The highest BCUT2D eigenvalue weighted by Gasteiger charge is 2.25. The third kappa shape index (κ3) is 3.37. The van der Waals surface area contributed by atoms with Crippen molar-refractivity contribution in [3.8, 4) is 0 Å². The number of carbonyl (C=O) groups excluding carboxylic acids is 1. The normalized spacial score (nSPS) is 15.5. The first-order valence-electron chi connectivity index (χ1n) is 9.21. The van der Waals surface area contributed by atoms with Crippen LogP contribution in [-0.4, -0.2) is 34.6 Å². The highest BCUT2D eigenvalue weighted by Crippen LogP contribution is 2.23. The number of aromatic nitrogens is 1. The molecular formula is C22H24N2O2. The Kier molecular flexibility index (Phi) is 4.76. The van der Waals surface area contributed by atoms with Crippen molar-refractivity contribution in [2.24, 2.45) is 7.05 Å². The molecule has 1 aliphatic rings. The second-order valence-electron chi connectivity index (χ2n) is 6.95. The lowest BCUT2D eigenvalue weighted by atomic mass is 10.0. The van der Waals surface area contributed by atoms with Gasteiger partial charge in [0.05, 0.1) is 12.7 Å². The molecule has 0 unspecified atom stereocenters. The molecule has 0 radical (unpaired) electrons. The molecule has 134 valence electrons. The van der Waals surface area contributed by atoms with Gasteiger partial charge < -0.3 is 14.2 Å². The fourth-order valence-corrected chi connectivity index (χ4v) is 3.67. The minimum atomic E-state index is 0.128. The number of benzene rings is 2. The van der Waals surface area contributed by atoms with Gasteiger partial charge in [-0.2, -0.15) is 0 Å². The van der Waals surface area contributed by atoms with Gasteiger partial charge in [-0.25, -0.2) is 0 Å². The topological polar surface area (TPSA) is 34.5 Å². The number of rotatable bonds is 4. The van der Waals surface area contributed by atoms with E-state index in [4.69, 9.17) is 4.74 Å². The number of nitrogens with zero attached hydrogens (tertiary/aromatic N) is 2. The molecule has 0 spiro atoms. The summed E-state index contributed by atoms with van der Waals surface area (Å²) >= 11 is 0. The first-order chi connectivity index (χ1) is 12.7. The molecule has 1 amide bonds. The quantitative estimate of drug-likeness (QED) is 0.714. The van der Waals surface area contributed by atoms with Gasteiger partial charge in [-0.3, -0.25) is 4.79 Å². The lowest BCUT2D eigenvalue weighted by molar-refractivity contribution is -0.000334. The van der Waals surface area contributed by atoms with Crippen LogP contribution in [0, 0.1) is 0 Å². The molecule has 3 aromatic rings. The lowest BCUT2D eigenvalue weighted by Gasteiger charge is -2.32. The van der Waals surface area contributed by atoms with Crippen LogP contribution in [0.2, 0.25) is 0 Å². The van der Waals surface area contributed by atoms with E-state index in [1.54, 1.807) is 0 Å². The first kappa shape index (κ1) is 16.9. The molecule has 2 aromatic carbocycles. The van der Waals surface area contributed by atoms with Crippen molar-refractivity contribution in [3.05, 3.63) is 71.9 Å². The molecule has 4 rings (SSSR count). The number of ether oxygens (including phenoxy) is 1. The molecule has 4 heteroatoms. The Balaban J connectivity index is 1.37. The minimum Gasteiger partial charge on any atom is -0.373 e. The summed E-state index contributed by atoms with van der Waals surface area (Å²) in [7, 11) is 2.01. The molecule has 0 N–H and O–H groups in total. The molecule has 1 saturated heterocycles. The third-order valence-corrected chi connectivity index (χ3v) is 5.22. The largest absolute Gasteiger partial charge is 0.373 e. The molecule has 1 fully saturated rings. The molecule has 26 heavy (non-hydrogen) atoms. The fourth-order valence-electron chi connectivity index (χ4n) is 3.67. The molecule has 1 aliphatic heterocycles. The average molecular weight is 348 g/mol. The van der Waals surface area contributed by atoms with Crippen molar-refractivity contribution in [1.82, 2.24) is 9.47 Å². The van der Waals surface area contributed by atoms with E-state index in [9.17, 15) is 4.79 Å². The van der Waals surface area contributed by atoms with Crippen molar-refractivity contribution in [2.75, 3.05) is 13.1 Å². The molecule has 0 bridgehead atoms. The monoisotopic (exact) mass is 348 g/mol. The highest BCUT2D eigenvalue weighted by atomic mass is 16.5. The average Bonchev–Trinajstić information content (AvgIpc) is 3.08. The standard InChI is InChI=1S/C22H24N2O2/c1-23-13-12-19-20(8-5-9-21(19)23)22(25)24-14-10-18(11-15-24)26-16-17-6-3-2-4-7-17/h2-9,12-13,18H,10-11,14-16H2,1H3. The summed E-state index contributed by atoms with van der Waals surface area (Å²) in [6.45, 7) is 2.14. The van der Waals surface area contributed by atoms with E-state index in [0.717, 1.165) is 42.4 Å². The highest BCUT2D eigenvalue weighted by molar-refractivity contribution is 6.06. The second kappa shape index (κ2) is 7.34. The molecular weight excluding hydrogens is 324 g/mol. The summed E-state index contributed by atoms with van der Waals surface area (Å²) in [4.78, 5) is 14.9. The molecule has 2 heterocycles. The van der Waals surface area contributed by atoms with Gasteiger partial charge >= 0.3 is 0 Å².